The summed E-state index contributed by atoms with van der Waals surface area (Å²) in [7, 11) is 0. The minimum Gasteiger partial charge on any atom is -0.316 e. The van der Waals surface area contributed by atoms with Crippen LogP contribution >= 0.6 is 0 Å². The Labute approximate surface area is 106 Å². The number of fused-ring (bicyclic) bond motifs is 1. The second-order valence-corrected chi connectivity index (χ2v) is 6.37. The van der Waals surface area contributed by atoms with Crippen LogP contribution in [0.1, 0.15) is 44.7 Å². The normalized spacial score (nSPS) is 19.0. The highest BCUT2D eigenvalue weighted by Crippen LogP contribution is 2.34. The van der Waals surface area contributed by atoms with Gasteiger partial charge in [0.1, 0.15) is 0 Å². The van der Waals surface area contributed by atoms with Gasteiger partial charge in [-0.25, -0.2) is 0 Å². The Morgan fingerprint density at radius 1 is 1.29 bits per heavy atom. The van der Waals surface area contributed by atoms with Gasteiger partial charge in [0, 0.05) is 19.0 Å². The van der Waals surface area contributed by atoms with E-state index in [1.54, 1.807) is 11.1 Å². The summed E-state index contributed by atoms with van der Waals surface area (Å²) in [5.41, 5.74) is 3.49. The number of rotatable bonds is 5. The molecular formula is C16H25N. The van der Waals surface area contributed by atoms with Crippen molar-refractivity contribution < 1.29 is 0 Å². The zero-order valence-corrected chi connectivity index (χ0v) is 11.6. The van der Waals surface area contributed by atoms with Gasteiger partial charge in [-0.05, 0) is 28.9 Å². The van der Waals surface area contributed by atoms with E-state index < -0.39 is 0 Å². The van der Waals surface area contributed by atoms with Crippen LogP contribution in [0.5, 0.6) is 0 Å². The van der Waals surface area contributed by atoms with Gasteiger partial charge < -0.3 is 5.32 Å². The maximum Gasteiger partial charge on any atom is 0.00236 e. The van der Waals surface area contributed by atoms with Crippen molar-refractivity contribution in [1.29, 1.82) is 0 Å². The molecule has 1 atom stereocenters. The zero-order valence-electron chi connectivity index (χ0n) is 11.6. The highest BCUT2D eigenvalue weighted by molar-refractivity contribution is 5.40. The minimum atomic E-state index is 0.392. The Morgan fingerprint density at radius 3 is 2.65 bits per heavy atom. The lowest BCUT2D eigenvalue weighted by molar-refractivity contribution is 0.236. The topological polar surface area (TPSA) is 12.0 Å². The van der Waals surface area contributed by atoms with E-state index in [0.29, 0.717) is 5.41 Å². The van der Waals surface area contributed by atoms with Crippen molar-refractivity contribution in [1.82, 2.24) is 5.32 Å². The molecule has 0 aromatic heterocycles. The van der Waals surface area contributed by atoms with E-state index in [9.17, 15) is 0 Å². The number of hydrogen-bond acceptors (Lipinski definition) is 1. The molecule has 0 fully saturated rings. The Bertz CT molecular complexity index is 379. The Balaban J connectivity index is 1.79. The van der Waals surface area contributed by atoms with E-state index in [4.69, 9.17) is 0 Å². The van der Waals surface area contributed by atoms with Crippen LogP contribution in [0, 0.1) is 11.3 Å². The summed E-state index contributed by atoms with van der Waals surface area (Å²) in [6.45, 7) is 11.6. The smallest absolute Gasteiger partial charge is 0.00236 e. The Kier molecular flexibility index (Phi) is 3.58. The number of nitrogens with one attached hydrogen (secondary N) is 1. The zero-order chi connectivity index (χ0) is 12.5. The van der Waals surface area contributed by atoms with Gasteiger partial charge in [0.25, 0.3) is 0 Å². The first kappa shape index (κ1) is 12.6. The van der Waals surface area contributed by atoms with E-state index >= 15 is 0 Å². The summed E-state index contributed by atoms with van der Waals surface area (Å²) >= 11 is 0. The Hall–Kier alpha value is -0.820. The van der Waals surface area contributed by atoms with Crippen molar-refractivity contribution in [2.45, 2.75) is 40.0 Å². The third-order valence-corrected chi connectivity index (χ3v) is 4.50. The van der Waals surface area contributed by atoms with E-state index in [1.165, 1.54) is 6.42 Å². The molecule has 94 valence electrons. The predicted octanol–water partition coefficient (Wildman–Crippen LogP) is 3.60. The molecule has 0 aliphatic heterocycles. The average Bonchev–Trinajstić information content (AvgIpc) is 2.24. The molecule has 0 amide bonds. The molecule has 0 heterocycles. The molecule has 1 aliphatic rings. The van der Waals surface area contributed by atoms with Crippen molar-refractivity contribution >= 4 is 0 Å². The largest absolute Gasteiger partial charge is 0.316 e. The first-order valence-corrected chi connectivity index (χ1v) is 6.79. The predicted molar refractivity (Wildman–Crippen MR) is 74.4 cm³/mol. The van der Waals surface area contributed by atoms with Crippen LogP contribution in [0.3, 0.4) is 0 Å². The van der Waals surface area contributed by atoms with Crippen LogP contribution in [0.15, 0.2) is 24.3 Å². The average molecular weight is 231 g/mol. The fourth-order valence-electron chi connectivity index (χ4n) is 2.32. The van der Waals surface area contributed by atoms with Gasteiger partial charge >= 0.3 is 0 Å². The van der Waals surface area contributed by atoms with Crippen LogP contribution in [0.2, 0.25) is 0 Å². The third-order valence-electron chi connectivity index (χ3n) is 4.50. The van der Waals surface area contributed by atoms with Gasteiger partial charge in [0.2, 0.25) is 0 Å². The monoisotopic (exact) mass is 231 g/mol. The maximum absolute atomic E-state index is 3.65. The molecule has 1 aromatic rings. The lowest BCUT2D eigenvalue weighted by atomic mass is 9.77. The van der Waals surface area contributed by atoms with Crippen molar-refractivity contribution in [2.75, 3.05) is 13.1 Å². The van der Waals surface area contributed by atoms with Crippen molar-refractivity contribution in [3.63, 3.8) is 0 Å². The summed E-state index contributed by atoms with van der Waals surface area (Å²) in [6, 6.07) is 8.83. The first-order valence-electron chi connectivity index (χ1n) is 6.79. The van der Waals surface area contributed by atoms with Gasteiger partial charge in [-0.1, -0.05) is 52.0 Å². The van der Waals surface area contributed by atoms with Crippen molar-refractivity contribution in [3.8, 4) is 0 Å². The molecule has 0 spiro atoms. The van der Waals surface area contributed by atoms with Crippen LogP contribution in [0.4, 0.5) is 0 Å². The van der Waals surface area contributed by atoms with E-state index in [1.807, 2.05) is 0 Å². The highest BCUT2D eigenvalue weighted by atomic mass is 14.9. The number of benzene rings is 1. The van der Waals surface area contributed by atoms with Gasteiger partial charge in [-0.3, -0.25) is 0 Å². The van der Waals surface area contributed by atoms with Gasteiger partial charge in [0.05, 0.1) is 0 Å². The molecule has 1 N–H and O–H groups in total. The molecule has 1 nitrogen and oxygen atoms in total. The molecule has 0 bridgehead atoms. The van der Waals surface area contributed by atoms with Crippen LogP contribution in [0.25, 0.3) is 0 Å². The summed E-state index contributed by atoms with van der Waals surface area (Å²) in [5.74, 6) is 1.47. The van der Waals surface area contributed by atoms with Crippen LogP contribution in [-0.4, -0.2) is 13.1 Å². The molecule has 0 saturated heterocycles. The molecule has 17 heavy (non-hydrogen) atoms. The molecule has 1 unspecified atom stereocenters. The molecular weight excluding hydrogens is 206 g/mol. The molecule has 0 radical (unpaired) electrons. The molecule has 0 saturated carbocycles. The highest BCUT2D eigenvalue weighted by Gasteiger charge is 2.26. The van der Waals surface area contributed by atoms with E-state index in [2.05, 4.69) is 57.3 Å². The second kappa shape index (κ2) is 4.81. The maximum atomic E-state index is 3.65. The lowest BCUT2D eigenvalue weighted by Crippen LogP contribution is -2.37. The quantitative estimate of drug-likeness (QED) is 0.816. The van der Waals surface area contributed by atoms with Crippen LogP contribution < -0.4 is 5.32 Å². The second-order valence-electron chi connectivity index (χ2n) is 6.37. The standard InChI is InChI=1S/C16H25N/c1-12(2)16(3,4)11-17-10-14-9-13-7-5-6-8-15(13)14/h5-8,12,14,17H,9-11H2,1-4H3. The van der Waals surface area contributed by atoms with E-state index in [-0.39, 0.29) is 0 Å². The van der Waals surface area contributed by atoms with Crippen molar-refractivity contribution in [2.24, 2.45) is 11.3 Å². The van der Waals surface area contributed by atoms with Gasteiger partial charge in [0.15, 0.2) is 0 Å². The molecule has 1 aliphatic carbocycles. The fourth-order valence-corrected chi connectivity index (χ4v) is 2.32. The summed E-state index contributed by atoms with van der Waals surface area (Å²) in [4.78, 5) is 0. The number of hydrogen-bond donors (Lipinski definition) is 1. The molecule has 1 aromatic carbocycles. The molecule has 1 heteroatoms. The summed E-state index contributed by atoms with van der Waals surface area (Å²) in [6.07, 6.45) is 1.26. The lowest BCUT2D eigenvalue weighted by Gasteiger charge is -2.34. The third kappa shape index (κ3) is 2.71. The van der Waals surface area contributed by atoms with Crippen molar-refractivity contribution in [3.05, 3.63) is 35.4 Å². The summed E-state index contributed by atoms with van der Waals surface area (Å²) < 4.78 is 0. The fraction of sp³-hybridized carbons (Fsp3) is 0.625. The van der Waals surface area contributed by atoms with E-state index in [0.717, 1.165) is 24.9 Å². The molecule has 2 rings (SSSR count). The first-order chi connectivity index (χ1) is 8.00. The van der Waals surface area contributed by atoms with Gasteiger partial charge in [-0.15, -0.1) is 0 Å². The minimum absolute atomic E-state index is 0.392. The Morgan fingerprint density at radius 2 is 2.00 bits per heavy atom. The summed E-state index contributed by atoms with van der Waals surface area (Å²) in [5, 5.41) is 3.65. The van der Waals surface area contributed by atoms with Crippen LogP contribution in [-0.2, 0) is 6.42 Å². The SMILES string of the molecule is CC(C)C(C)(C)CNCC1Cc2ccccc21. The van der Waals surface area contributed by atoms with Gasteiger partial charge in [-0.2, -0.15) is 0 Å².